The predicted molar refractivity (Wildman–Crippen MR) is 127 cm³/mol. The second-order valence-electron chi connectivity index (χ2n) is 8.99. The Morgan fingerprint density at radius 1 is 1.06 bits per heavy atom. The Hall–Kier alpha value is -3.04. The molecule has 2 fully saturated rings. The van der Waals surface area contributed by atoms with Gasteiger partial charge >= 0.3 is 6.18 Å². The van der Waals surface area contributed by atoms with Gasteiger partial charge in [0, 0.05) is 25.0 Å². The van der Waals surface area contributed by atoms with Crippen molar-refractivity contribution in [3.8, 4) is 5.69 Å². The van der Waals surface area contributed by atoms with Crippen LogP contribution in [-0.4, -0.2) is 39.9 Å². The molecule has 0 atom stereocenters. The van der Waals surface area contributed by atoms with Crippen molar-refractivity contribution in [2.45, 2.75) is 44.3 Å². The summed E-state index contributed by atoms with van der Waals surface area (Å²) in [5.74, 6) is -0.366. The van der Waals surface area contributed by atoms with Crippen LogP contribution in [0.15, 0.2) is 48.8 Å². The third-order valence-corrected chi connectivity index (χ3v) is 6.78. The molecule has 184 valence electrons. The highest BCUT2D eigenvalue weighted by Crippen LogP contribution is 2.37. The highest BCUT2D eigenvalue weighted by atomic mass is 35.5. The molecule has 1 N–H and O–H groups in total. The Balaban J connectivity index is 1.49. The van der Waals surface area contributed by atoms with Crippen molar-refractivity contribution < 1.29 is 23.2 Å². The summed E-state index contributed by atoms with van der Waals surface area (Å²) in [6.07, 6.45) is 3.10. The molecule has 6 nitrogen and oxygen atoms in total. The third kappa shape index (κ3) is 4.88. The summed E-state index contributed by atoms with van der Waals surface area (Å²) in [5, 5.41) is 15.5. The van der Waals surface area contributed by atoms with E-state index in [0.29, 0.717) is 11.3 Å². The minimum Gasteiger partial charge on any atom is -0.372 e. The largest absolute Gasteiger partial charge is 0.417 e. The molecule has 3 aromatic rings. The van der Waals surface area contributed by atoms with Crippen LogP contribution in [0.5, 0.6) is 0 Å². The zero-order valence-corrected chi connectivity index (χ0v) is 19.6. The summed E-state index contributed by atoms with van der Waals surface area (Å²) < 4.78 is 41.1. The molecule has 0 spiro atoms. The number of rotatable bonds is 6. The summed E-state index contributed by atoms with van der Waals surface area (Å²) in [7, 11) is 0. The van der Waals surface area contributed by atoms with E-state index in [0.717, 1.165) is 61.7 Å². The van der Waals surface area contributed by atoms with Crippen molar-refractivity contribution in [2.75, 3.05) is 23.1 Å². The Morgan fingerprint density at radius 3 is 2.46 bits per heavy atom. The Morgan fingerprint density at radius 2 is 1.77 bits per heavy atom. The number of aromatic nitrogens is 2. The topological polar surface area (TPSA) is 61.6 Å². The highest BCUT2D eigenvalue weighted by Gasteiger charge is 2.34. The Labute approximate surface area is 205 Å². The first-order valence-electron chi connectivity index (χ1n) is 11.6. The number of hydroxylamine groups is 1. The molecule has 1 aliphatic heterocycles. The van der Waals surface area contributed by atoms with E-state index in [1.54, 1.807) is 12.1 Å². The molecule has 0 unspecified atom stereocenters. The van der Waals surface area contributed by atoms with Gasteiger partial charge in [0.2, 0.25) is 0 Å². The van der Waals surface area contributed by atoms with Crippen LogP contribution in [0.2, 0.25) is 5.02 Å². The number of anilines is 2. The summed E-state index contributed by atoms with van der Waals surface area (Å²) >= 11 is 5.72. The fraction of sp³-hybridized carbons (Fsp3) is 0.360. The molecule has 1 aliphatic carbocycles. The highest BCUT2D eigenvalue weighted by molar-refractivity contribution is 6.31. The first kappa shape index (κ1) is 23.7. The van der Waals surface area contributed by atoms with E-state index >= 15 is 0 Å². The zero-order valence-electron chi connectivity index (χ0n) is 18.8. The van der Waals surface area contributed by atoms with Crippen molar-refractivity contribution in [2.24, 2.45) is 0 Å². The standard InChI is InChI=1S/C25H24ClF3N4O2/c26-22-8-6-19(13-21(22)25(27,28)29)32-15-16(14-30-32)24(34)20-12-18(31-10-2-1-3-11-31)7-9-23(20)33(35)17-4-5-17/h6-9,12-15,17,35H,1-5,10-11H2. The lowest BCUT2D eigenvalue weighted by Crippen LogP contribution is -2.30. The van der Waals surface area contributed by atoms with E-state index in [2.05, 4.69) is 10.00 Å². The monoisotopic (exact) mass is 504 g/mol. The lowest BCUT2D eigenvalue weighted by molar-refractivity contribution is -0.137. The number of nitrogens with zero attached hydrogens (tertiary/aromatic N) is 4. The van der Waals surface area contributed by atoms with Gasteiger partial charge in [-0.1, -0.05) is 11.6 Å². The number of alkyl halides is 3. The lowest BCUT2D eigenvalue weighted by Gasteiger charge is -2.30. The number of hydrogen-bond acceptors (Lipinski definition) is 5. The molecule has 1 saturated carbocycles. The van der Waals surface area contributed by atoms with Crippen molar-refractivity contribution >= 4 is 28.8 Å². The normalized spacial score (nSPS) is 16.4. The Bertz CT molecular complexity index is 1250. The summed E-state index contributed by atoms with van der Waals surface area (Å²) in [6.45, 7) is 1.79. The molecule has 0 bridgehead atoms. The van der Waals surface area contributed by atoms with Gasteiger partial charge in [0.15, 0.2) is 5.78 Å². The van der Waals surface area contributed by atoms with Gasteiger partial charge in [-0.2, -0.15) is 18.3 Å². The van der Waals surface area contributed by atoms with Gasteiger partial charge in [-0.25, -0.2) is 4.68 Å². The van der Waals surface area contributed by atoms with E-state index in [-0.39, 0.29) is 23.1 Å². The number of piperidine rings is 1. The van der Waals surface area contributed by atoms with Crippen molar-refractivity contribution in [1.82, 2.24) is 9.78 Å². The molecule has 1 aromatic heterocycles. The Kier molecular flexibility index (Phi) is 6.23. The summed E-state index contributed by atoms with van der Waals surface area (Å²) in [6, 6.07) is 8.89. The number of ketones is 1. The van der Waals surface area contributed by atoms with Gasteiger partial charge in [-0.05, 0) is 68.5 Å². The maximum atomic E-state index is 13.6. The smallest absolute Gasteiger partial charge is 0.372 e. The summed E-state index contributed by atoms with van der Waals surface area (Å²) in [4.78, 5) is 15.8. The van der Waals surface area contributed by atoms with E-state index in [4.69, 9.17) is 11.6 Å². The van der Waals surface area contributed by atoms with E-state index in [9.17, 15) is 23.2 Å². The van der Waals surface area contributed by atoms with Gasteiger partial charge in [-0.3, -0.25) is 15.1 Å². The zero-order chi connectivity index (χ0) is 24.7. The average molecular weight is 505 g/mol. The minimum absolute atomic E-state index is 0.0278. The average Bonchev–Trinajstić information content (AvgIpc) is 3.59. The van der Waals surface area contributed by atoms with Gasteiger partial charge in [-0.15, -0.1) is 0 Å². The van der Waals surface area contributed by atoms with Crippen LogP contribution in [0.25, 0.3) is 5.69 Å². The van der Waals surface area contributed by atoms with Crippen LogP contribution in [0, 0.1) is 0 Å². The van der Waals surface area contributed by atoms with Crippen LogP contribution in [0.1, 0.15) is 53.6 Å². The molecule has 2 aliphatic rings. The van der Waals surface area contributed by atoms with Gasteiger partial charge < -0.3 is 4.90 Å². The maximum absolute atomic E-state index is 13.6. The maximum Gasteiger partial charge on any atom is 0.417 e. The fourth-order valence-corrected chi connectivity index (χ4v) is 4.60. The molecule has 0 radical (unpaired) electrons. The second kappa shape index (κ2) is 9.20. The number of hydrogen-bond donors (Lipinski definition) is 1. The second-order valence-corrected chi connectivity index (χ2v) is 9.40. The number of carbonyl (C=O) groups is 1. The molecule has 1 saturated heterocycles. The number of carbonyl (C=O) groups excluding carboxylic acids is 1. The van der Waals surface area contributed by atoms with Crippen LogP contribution >= 0.6 is 11.6 Å². The van der Waals surface area contributed by atoms with Gasteiger partial charge in [0.1, 0.15) is 0 Å². The van der Waals surface area contributed by atoms with E-state index in [1.807, 2.05) is 6.07 Å². The molecule has 35 heavy (non-hydrogen) atoms. The molecule has 5 rings (SSSR count). The number of halogens is 4. The lowest BCUT2D eigenvalue weighted by atomic mass is 10.0. The first-order valence-corrected chi connectivity index (χ1v) is 11.9. The molecule has 2 heterocycles. The summed E-state index contributed by atoms with van der Waals surface area (Å²) in [5.41, 5.74) is 1.00. The van der Waals surface area contributed by atoms with Crippen LogP contribution in [0.3, 0.4) is 0 Å². The fourth-order valence-electron chi connectivity index (χ4n) is 4.38. The van der Waals surface area contributed by atoms with Crippen molar-refractivity contribution in [3.63, 3.8) is 0 Å². The molecular weight excluding hydrogens is 481 g/mol. The van der Waals surface area contributed by atoms with Crippen molar-refractivity contribution in [3.05, 3.63) is 70.5 Å². The van der Waals surface area contributed by atoms with E-state index in [1.165, 1.54) is 29.6 Å². The molecule has 2 aromatic carbocycles. The van der Waals surface area contributed by atoms with Crippen LogP contribution in [0.4, 0.5) is 24.5 Å². The van der Waals surface area contributed by atoms with Gasteiger partial charge in [0.05, 0.1) is 45.3 Å². The predicted octanol–water partition coefficient (Wildman–Crippen LogP) is 6.12. The first-order chi connectivity index (χ1) is 16.7. The molecule has 10 heteroatoms. The van der Waals surface area contributed by atoms with Gasteiger partial charge in [0.25, 0.3) is 0 Å². The third-order valence-electron chi connectivity index (χ3n) is 6.45. The molecular formula is C25H24ClF3N4O2. The van der Waals surface area contributed by atoms with Crippen molar-refractivity contribution in [1.29, 1.82) is 0 Å². The van der Waals surface area contributed by atoms with Crippen LogP contribution < -0.4 is 9.96 Å². The minimum atomic E-state index is -4.61. The van der Waals surface area contributed by atoms with Crippen LogP contribution in [-0.2, 0) is 6.18 Å². The quantitative estimate of drug-likeness (QED) is 0.323. The SMILES string of the molecule is O=C(c1cnn(-c2ccc(Cl)c(C(F)(F)F)c2)c1)c1cc(N2CCCCC2)ccc1N(O)C1CC1. The molecule has 0 amide bonds. The number of benzene rings is 2. The van der Waals surface area contributed by atoms with E-state index < -0.39 is 16.8 Å².